The molecule has 26 heavy (non-hydrogen) atoms. The summed E-state index contributed by atoms with van der Waals surface area (Å²) in [6.45, 7) is 6.26. The molecule has 0 bridgehead atoms. The standard InChI is InChI=1S/C19H17Cl2IO4/c1-3-7-25-19(23)13-9-16(22)18(17(10-13)24-4-2)26-11-12-5-6-14(20)15(21)8-12/h3,5-6,8-10H,1,4,7,11H2,2H3. The molecule has 0 unspecified atom stereocenters. The molecule has 0 amide bonds. The summed E-state index contributed by atoms with van der Waals surface area (Å²) >= 11 is 14.1. The third-order valence-electron chi connectivity index (χ3n) is 3.24. The van der Waals surface area contributed by atoms with E-state index in [9.17, 15) is 4.79 Å². The predicted molar refractivity (Wildman–Crippen MR) is 112 cm³/mol. The second kappa shape index (κ2) is 10.0. The van der Waals surface area contributed by atoms with E-state index in [0.29, 0.717) is 33.7 Å². The zero-order valence-electron chi connectivity index (χ0n) is 14.1. The zero-order chi connectivity index (χ0) is 19.1. The molecule has 0 fully saturated rings. The number of halogens is 3. The molecular weight excluding hydrogens is 490 g/mol. The van der Waals surface area contributed by atoms with Crippen LogP contribution in [-0.2, 0) is 11.3 Å². The van der Waals surface area contributed by atoms with Crippen LogP contribution in [-0.4, -0.2) is 19.2 Å². The van der Waals surface area contributed by atoms with Crippen molar-refractivity contribution in [3.63, 3.8) is 0 Å². The third kappa shape index (κ3) is 5.53. The van der Waals surface area contributed by atoms with Crippen LogP contribution < -0.4 is 9.47 Å². The molecule has 0 saturated heterocycles. The van der Waals surface area contributed by atoms with Crippen LogP contribution in [0.3, 0.4) is 0 Å². The Morgan fingerprint density at radius 1 is 1.19 bits per heavy atom. The molecule has 0 aliphatic heterocycles. The van der Waals surface area contributed by atoms with Gasteiger partial charge in [-0.2, -0.15) is 0 Å². The second-order valence-corrected chi connectivity index (χ2v) is 7.12. The van der Waals surface area contributed by atoms with E-state index in [4.69, 9.17) is 37.4 Å². The number of carbonyl (C=O) groups excluding carboxylic acids is 1. The first kappa shape index (κ1) is 20.9. The fraction of sp³-hybridized carbons (Fsp3) is 0.211. The molecule has 2 aromatic rings. The van der Waals surface area contributed by atoms with Crippen LogP contribution >= 0.6 is 45.8 Å². The molecule has 0 aliphatic rings. The smallest absolute Gasteiger partial charge is 0.338 e. The summed E-state index contributed by atoms with van der Waals surface area (Å²) in [5, 5.41) is 0.954. The molecule has 0 heterocycles. The predicted octanol–water partition coefficient (Wildman–Crippen LogP) is 5.92. The van der Waals surface area contributed by atoms with Crippen LogP contribution in [0.2, 0.25) is 10.0 Å². The molecule has 2 rings (SSSR count). The summed E-state index contributed by atoms with van der Waals surface area (Å²) < 4.78 is 17.4. The van der Waals surface area contributed by atoms with Crippen LogP contribution in [0.15, 0.2) is 43.0 Å². The van der Waals surface area contributed by atoms with Crippen molar-refractivity contribution in [2.24, 2.45) is 0 Å². The summed E-state index contributed by atoms with van der Waals surface area (Å²) in [6.07, 6.45) is 1.51. The van der Waals surface area contributed by atoms with Gasteiger partial charge in [-0.25, -0.2) is 4.79 Å². The molecule has 0 aromatic heterocycles. The third-order valence-corrected chi connectivity index (χ3v) is 4.78. The van der Waals surface area contributed by atoms with Gasteiger partial charge in [0.15, 0.2) is 11.5 Å². The highest BCUT2D eigenvalue weighted by Crippen LogP contribution is 2.35. The van der Waals surface area contributed by atoms with E-state index in [1.54, 1.807) is 24.3 Å². The Labute approximate surface area is 176 Å². The lowest BCUT2D eigenvalue weighted by molar-refractivity contribution is 0.0549. The quantitative estimate of drug-likeness (QED) is 0.253. The van der Waals surface area contributed by atoms with Gasteiger partial charge in [0, 0.05) is 0 Å². The van der Waals surface area contributed by atoms with Gasteiger partial charge in [0.25, 0.3) is 0 Å². The van der Waals surface area contributed by atoms with Gasteiger partial charge in [0.05, 0.1) is 25.8 Å². The van der Waals surface area contributed by atoms with Crippen molar-refractivity contribution < 1.29 is 19.0 Å². The van der Waals surface area contributed by atoms with Gasteiger partial charge < -0.3 is 14.2 Å². The van der Waals surface area contributed by atoms with E-state index < -0.39 is 5.97 Å². The second-order valence-electron chi connectivity index (χ2n) is 5.14. The summed E-state index contributed by atoms with van der Waals surface area (Å²) in [5.74, 6) is 0.587. The number of benzene rings is 2. The highest BCUT2D eigenvalue weighted by Gasteiger charge is 2.17. The lowest BCUT2D eigenvalue weighted by Gasteiger charge is -2.15. The largest absolute Gasteiger partial charge is 0.490 e. The fourth-order valence-corrected chi connectivity index (χ4v) is 3.17. The first-order valence-corrected chi connectivity index (χ1v) is 9.60. The van der Waals surface area contributed by atoms with Crippen LogP contribution in [0.25, 0.3) is 0 Å². The van der Waals surface area contributed by atoms with E-state index in [1.165, 1.54) is 6.08 Å². The van der Waals surface area contributed by atoms with Crippen molar-refractivity contribution in [3.05, 3.63) is 67.7 Å². The molecule has 7 heteroatoms. The van der Waals surface area contributed by atoms with Crippen LogP contribution in [0.4, 0.5) is 0 Å². The maximum absolute atomic E-state index is 12.1. The maximum Gasteiger partial charge on any atom is 0.338 e. The number of hydrogen-bond donors (Lipinski definition) is 0. The van der Waals surface area contributed by atoms with Crippen LogP contribution in [0, 0.1) is 3.57 Å². The minimum absolute atomic E-state index is 0.148. The molecule has 2 aromatic carbocycles. The van der Waals surface area contributed by atoms with Crippen molar-refractivity contribution in [1.29, 1.82) is 0 Å². The van der Waals surface area contributed by atoms with E-state index >= 15 is 0 Å². The zero-order valence-corrected chi connectivity index (χ0v) is 17.7. The molecule has 0 radical (unpaired) electrons. The van der Waals surface area contributed by atoms with Crippen molar-refractivity contribution in [2.45, 2.75) is 13.5 Å². The van der Waals surface area contributed by atoms with Crippen molar-refractivity contribution in [1.82, 2.24) is 0 Å². The molecule has 0 atom stereocenters. The lowest BCUT2D eigenvalue weighted by atomic mass is 10.2. The average Bonchev–Trinajstić information content (AvgIpc) is 2.61. The fourth-order valence-electron chi connectivity index (χ4n) is 2.09. The van der Waals surface area contributed by atoms with Gasteiger partial charge in [-0.1, -0.05) is 41.9 Å². The van der Waals surface area contributed by atoms with Gasteiger partial charge in [0.1, 0.15) is 13.2 Å². The van der Waals surface area contributed by atoms with Crippen molar-refractivity contribution in [2.75, 3.05) is 13.2 Å². The SMILES string of the molecule is C=CCOC(=O)c1cc(I)c(OCc2ccc(Cl)c(Cl)c2)c(OCC)c1. The van der Waals surface area contributed by atoms with Gasteiger partial charge in [-0.3, -0.25) is 0 Å². The molecule has 4 nitrogen and oxygen atoms in total. The van der Waals surface area contributed by atoms with Crippen LogP contribution in [0.1, 0.15) is 22.8 Å². The number of carbonyl (C=O) groups is 1. The summed E-state index contributed by atoms with van der Waals surface area (Å²) in [7, 11) is 0. The van der Waals surface area contributed by atoms with E-state index in [2.05, 4.69) is 29.2 Å². The Kier molecular flexibility index (Phi) is 8.06. The number of rotatable bonds is 8. The monoisotopic (exact) mass is 506 g/mol. The van der Waals surface area contributed by atoms with Crippen molar-refractivity contribution in [3.8, 4) is 11.5 Å². The number of ether oxygens (including phenoxy) is 3. The Hall–Kier alpha value is -1.44. The molecular formula is C19H17Cl2IO4. The molecule has 0 saturated carbocycles. The average molecular weight is 507 g/mol. The van der Waals surface area contributed by atoms with Crippen LogP contribution in [0.5, 0.6) is 11.5 Å². The van der Waals surface area contributed by atoms with Gasteiger partial charge in [-0.05, 0) is 59.3 Å². The van der Waals surface area contributed by atoms with E-state index in [1.807, 2.05) is 13.0 Å². The first-order valence-electron chi connectivity index (χ1n) is 7.77. The Morgan fingerprint density at radius 2 is 1.96 bits per heavy atom. The number of hydrogen-bond acceptors (Lipinski definition) is 4. The van der Waals surface area contributed by atoms with Gasteiger partial charge >= 0.3 is 5.97 Å². The summed E-state index contributed by atoms with van der Waals surface area (Å²) in [6, 6.07) is 8.61. The maximum atomic E-state index is 12.1. The molecule has 138 valence electrons. The first-order chi connectivity index (χ1) is 12.5. The Morgan fingerprint density at radius 3 is 2.62 bits per heavy atom. The topological polar surface area (TPSA) is 44.8 Å². The van der Waals surface area contributed by atoms with E-state index in [-0.39, 0.29) is 13.2 Å². The van der Waals surface area contributed by atoms with Crippen molar-refractivity contribution >= 4 is 51.8 Å². The minimum Gasteiger partial charge on any atom is -0.490 e. The normalized spacial score (nSPS) is 10.3. The van der Waals surface area contributed by atoms with Gasteiger partial charge in [0.2, 0.25) is 0 Å². The highest BCUT2D eigenvalue weighted by atomic mass is 127. The number of esters is 1. The molecule has 0 spiro atoms. The molecule has 0 aliphatic carbocycles. The summed E-state index contributed by atoms with van der Waals surface area (Å²) in [4.78, 5) is 12.1. The minimum atomic E-state index is -0.445. The Bertz CT molecular complexity index is 808. The van der Waals surface area contributed by atoms with Gasteiger partial charge in [-0.15, -0.1) is 0 Å². The van der Waals surface area contributed by atoms with E-state index in [0.717, 1.165) is 9.13 Å². The highest BCUT2D eigenvalue weighted by molar-refractivity contribution is 14.1. The Balaban J connectivity index is 2.24. The molecule has 0 N–H and O–H groups in total. The lowest BCUT2D eigenvalue weighted by Crippen LogP contribution is -2.08. The summed E-state index contributed by atoms with van der Waals surface area (Å²) in [5.41, 5.74) is 1.26.